The minimum atomic E-state index is -0.00332. The van der Waals surface area contributed by atoms with Crippen LogP contribution < -0.4 is 10.2 Å². The van der Waals surface area contributed by atoms with Crippen LogP contribution in [0.3, 0.4) is 0 Å². The molecule has 1 saturated heterocycles. The van der Waals surface area contributed by atoms with E-state index in [2.05, 4.69) is 20.3 Å². The van der Waals surface area contributed by atoms with Crippen molar-refractivity contribution in [2.24, 2.45) is 7.05 Å². The summed E-state index contributed by atoms with van der Waals surface area (Å²) in [7, 11) is 1.89. The molecule has 1 unspecified atom stereocenters. The van der Waals surface area contributed by atoms with E-state index in [9.17, 15) is 4.79 Å². The molecule has 8 nitrogen and oxygen atoms in total. The van der Waals surface area contributed by atoms with Crippen LogP contribution in [-0.2, 0) is 11.8 Å². The molecule has 134 valence electrons. The Bertz CT molecular complexity index is 967. The molecule has 0 spiro atoms. The van der Waals surface area contributed by atoms with Crippen molar-refractivity contribution >= 4 is 22.8 Å². The number of aryl methyl sites for hydroxylation is 2. The van der Waals surface area contributed by atoms with Crippen LogP contribution in [0.2, 0.25) is 0 Å². The summed E-state index contributed by atoms with van der Waals surface area (Å²) in [6.07, 6.45) is 2.63. The van der Waals surface area contributed by atoms with E-state index in [0.717, 1.165) is 47.7 Å². The maximum Gasteiger partial charge on any atom is 0.217 e. The highest BCUT2D eigenvalue weighted by molar-refractivity contribution is 5.91. The number of carbonyl (C=O) groups is 1. The fourth-order valence-electron chi connectivity index (χ4n) is 3.51. The summed E-state index contributed by atoms with van der Waals surface area (Å²) in [5, 5.41) is 8.47. The Morgan fingerprint density at radius 2 is 2.15 bits per heavy atom. The summed E-state index contributed by atoms with van der Waals surface area (Å²) < 4.78 is 1.78. The van der Waals surface area contributed by atoms with Gasteiger partial charge in [-0.05, 0) is 25.5 Å². The summed E-state index contributed by atoms with van der Waals surface area (Å²) in [5.74, 6) is 1.43. The second kappa shape index (κ2) is 6.36. The number of hydrogen-bond acceptors (Lipinski definition) is 6. The van der Waals surface area contributed by atoms with Gasteiger partial charge in [-0.2, -0.15) is 5.10 Å². The Morgan fingerprint density at radius 3 is 2.88 bits per heavy atom. The Labute approximate surface area is 151 Å². The van der Waals surface area contributed by atoms with E-state index in [1.165, 1.54) is 0 Å². The lowest BCUT2D eigenvalue weighted by molar-refractivity contribution is -0.119. The average Bonchev–Trinajstić information content (AvgIpc) is 3.19. The standard InChI is InChI=1S/C18H21N7O/c1-11-15-17(24(3)23-11)21-16(14-6-4-5-8-19-14)22-18(15)25-9-7-13(10-25)20-12(2)26/h4-6,8,13H,7,9-10H2,1-3H3,(H,20,26). The largest absolute Gasteiger partial charge is 0.354 e. The Morgan fingerprint density at radius 1 is 1.31 bits per heavy atom. The molecule has 3 aromatic heterocycles. The van der Waals surface area contributed by atoms with E-state index >= 15 is 0 Å². The quantitative estimate of drug-likeness (QED) is 0.768. The maximum atomic E-state index is 11.4. The van der Waals surface area contributed by atoms with E-state index in [1.54, 1.807) is 17.8 Å². The molecule has 1 N–H and O–H groups in total. The van der Waals surface area contributed by atoms with Gasteiger partial charge in [-0.15, -0.1) is 0 Å². The van der Waals surface area contributed by atoms with Crippen LogP contribution in [0.5, 0.6) is 0 Å². The van der Waals surface area contributed by atoms with Crippen molar-refractivity contribution in [3.63, 3.8) is 0 Å². The number of nitrogens with zero attached hydrogens (tertiary/aromatic N) is 6. The van der Waals surface area contributed by atoms with Gasteiger partial charge in [0.15, 0.2) is 11.5 Å². The van der Waals surface area contributed by atoms with Crippen LogP contribution in [0.15, 0.2) is 24.4 Å². The number of nitrogens with one attached hydrogen (secondary N) is 1. The third kappa shape index (κ3) is 2.87. The summed E-state index contributed by atoms with van der Waals surface area (Å²) in [4.78, 5) is 27.5. The normalized spacial score (nSPS) is 17.0. The highest BCUT2D eigenvalue weighted by Gasteiger charge is 2.28. The highest BCUT2D eigenvalue weighted by atomic mass is 16.1. The van der Waals surface area contributed by atoms with Crippen molar-refractivity contribution in [2.45, 2.75) is 26.3 Å². The zero-order valence-corrected chi connectivity index (χ0v) is 15.1. The molecular weight excluding hydrogens is 330 g/mol. The number of hydrogen-bond donors (Lipinski definition) is 1. The molecule has 1 aliphatic rings. The summed E-state index contributed by atoms with van der Waals surface area (Å²) in [6, 6.07) is 5.83. The monoisotopic (exact) mass is 351 g/mol. The van der Waals surface area contributed by atoms with E-state index in [0.29, 0.717) is 5.82 Å². The smallest absolute Gasteiger partial charge is 0.217 e. The third-order valence-electron chi connectivity index (χ3n) is 4.63. The lowest BCUT2D eigenvalue weighted by Crippen LogP contribution is -2.35. The number of anilines is 1. The molecule has 8 heteroatoms. The Hall–Kier alpha value is -3.03. The molecule has 0 radical (unpaired) electrons. The van der Waals surface area contributed by atoms with Crippen molar-refractivity contribution in [2.75, 3.05) is 18.0 Å². The molecule has 1 aliphatic heterocycles. The van der Waals surface area contributed by atoms with E-state index in [-0.39, 0.29) is 11.9 Å². The lowest BCUT2D eigenvalue weighted by Gasteiger charge is -2.19. The van der Waals surface area contributed by atoms with Crippen LogP contribution in [0.1, 0.15) is 19.0 Å². The number of pyridine rings is 1. The van der Waals surface area contributed by atoms with Gasteiger partial charge in [-0.1, -0.05) is 6.07 Å². The molecule has 4 rings (SSSR count). The molecule has 1 atom stereocenters. The van der Waals surface area contributed by atoms with Gasteiger partial charge >= 0.3 is 0 Å². The number of aromatic nitrogens is 5. The number of fused-ring (bicyclic) bond motifs is 1. The highest BCUT2D eigenvalue weighted by Crippen LogP contribution is 2.31. The molecular formula is C18H21N7O. The zero-order valence-electron chi connectivity index (χ0n) is 15.1. The zero-order chi connectivity index (χ0) is 18.3. The molecule has 1 fully saturated rings. The Kier molecular flexibility index (Phi) is 4.02. The van der Waals surface area contributed by atoms with Gasteiger partial charge < -0.3 is 10.2 Å². The predicted molar refractivity (Wildman–Crippen MR) is 98.7 cm³/mol. The molecule has 4 heterocycles. The molecule has 26 heavy (non-hydrogen) atoms. The van der Waals surface area contributed by atoms with Crippen LogP contribution in [0.25, 0.3) is 22.6 Å². The van der Waals surface area contributed by atoms with Gasteiger partial charge in [0.05, 0.1) is 11.1 Å². The van der Waals surface area contributed by atoms with Crippen molar-refractivity contribution in [1.82, 2.24) is 30.0 Å². The number of amides is 1. The van der Waals surface area contributed by atoms with Crippen LogP contribution in [-0.4, -0.2) is 49.8 Å². The lowest BCUT2D eigenvalue weighted by atomic mass is 10.2. The fourth-order valence-corrected chi connectivity index (χ4v) is 3.51. The van der Waals surface area contributed by atoms with Gasteiger partial charge in [0, 0.05) is 39.3 Å². The third-order valence-corrected chi connectivity index (χ3v) is 4.63. The second-order valence-corrected chi connectivity index (χ2v) is 6.63. The van der Waals surface area contributed by atoms with Crippen LogP contribution >= 0.6 is 0 Å². The molecule has 0 aliphatic carbocycles. The molecule has 3 aromatic rings. The minimum Gasteiger partial charge on any atom is -0.354 e. The van der Waals surface area contributed by atoms with Crippen LogP contribution in [0.4, 0.5) is 5.82 Å². The average molecular weight is 351 g/mol. The first kappa shape index (κ1) is 16.4. The number of rotatable bonds is 3. The van der Waals surface area contributed by atoms with Gasteiger partial charge in [-0.25, -0.2) is 9.97 Å². The van der Waals surface area contributed by atoms with E-state index in [4.69, 9.17) is 9.97 Å². The van der Waals surface area contributed by atoms with Crippen molar-refractivity contribution in [3.05, 3.63) is 30.1 Å². The molecule has 1 amide bonds. The van der Waals surface area contributed by atoms with E-state index in [1.807, 2.05) is 32.2 Å². The second-order valence-electron chi connectivity index (χ2n) is 6.63. The summed E-state index contributed by atoms with van der Waals surface area (Å²) >= 11 is 0. The van der Waals surface area contributed by atoms with Crippen molar-refractivity contribution < 1.29 is 4.79 Å². The maximum absolute atomic E-state index is 11.4. The Balaban J connectivity index is 1.81. The van der Waals surface area contributed by atoms with E-state index < -0.39 is 0 Å². The molecule has 0 aromatic carbocycles. The topological polar surface area (TPSA) is 88.8 Å². The predicted octanol–water partition coefficient (Wildman–Crippen LogP) is 1.45. The first-order chi connectivity index (χ1) is 12.5. The first-order valence-corrected chi connectivity index (χ1v) is 8.67. The SMILES string of the molecule is CC(=O)NC1CCN(c2nc(-c3ccccn3)nc3c2c(C)nn3C)C1. The minimum absolute atomic E-state index is 0.00332. The number of carbonyl (C=O) groups excluding carboxylic acids is 1. The van der Waals surface area contributed by atoms with Gasteiger partial charge in [-0.3, -0.25) is 14.5 Å². The fraction of sp³-hybridized carbons (Fsp3) is 0.389. The van der Waals surface area contributed by atoms with Gasteiger partial charge in [0.25, 0.3) is 0 Å². The summed E-state index contributed by atoms with van der Waals surface area (Å²) in [5.41, 5.74) is 2.41. The van der Waals surface area contributed by atoms with Gasteiger partial charge in [0.1, 0.15) is 11.5 Å². The van der Waals surface area contributed by atoms with Crippen molar-refractivity contribution in [1.29, 1.82) is 0 Å². The van der Waals surface area contributed by atoms with Crippen molar-refractivity contribution in [3.8, 4) is 11.5 Å². The summed E-state index contributed by atoms with van der Waals surface area (Å²) in [6.45, 7) is 5.07. The first-order valence-electron chi connectivity index (χ1n) is 8.67. The molecule has 0 bridgehead atoms. The van der Waals surface area contributed by atoms with Gasteiger partial charge in [0.2, 0.25) is 5.91 Å². The molecule has 0 saturated carbocycles. The van der Waals surface area contributed by atoms with Crippen LogP contribution in [0, 0.1) is 6.92 Å².